The summed E-state index contributed by atoms with van der Waals surface area (Å²) in [6, 6.07) is 12.6. The van der Waals surface area contributed by atoms with E-state index in [1.807, 2.05) is 31.2 Å². The van der Waals surface area contributed by atoms with Crippen molar-refractivity contribution in [1.82, 2.24) is 5.32 Å². The smallest absolute Gasteiger partial charge is 0.251 e. The quantitative estimate of drug-likeness (QED) is 0.830. The standard InChI is InChI=1S/C15H16N2O2/c1-10-4-3-5-12(8-10)19-14-9-11(15(18)17-2)6-7-13(14)16/h3-9H,16H2,1-2H3,(H,17,18). The molecule has 3 N–H and O–H groups in total. The number of nitrogen functional groups attached to an aromatic ring is 1. The summed E-state index contributed by atoms with van der Waals surface area (Å²) >= 11 is 0. The van der Waals surface area contributed by atoms with Crippen molar-refractivity contribution in [2.45, 2.75) is 6.92 Å². The Kier molecular flexibility index (Phi) is 3.71. The van der Waals surface area contributed by atoms with Crippen LogP contribution in [0, 0.1) is 6.92 Å². The molecule has 0 fully saturated rings. The minimum atomic E-state index is -0.172. The number of carbonyl (C=O) groups excluding carboxylic acids is 1. The molecule has 0 bridgehead atoms. The molecule has 4 nitrogen and oxygen atoms in total. The Morgan fingerprint density at radius 3 is 2.68 bits per heavy atom. The summed E-state index contributed by atoms with van der Waals surface area (Å²) in [6.45, 7) is 1.98. The predicted octanol–water partition coefficient (Wildman–Crippen LogP) is 2.73. The van der Waals surface area contributed by atoms with Gasteiger partial charge in [-0.2, -0.15) is 0 Å². The molecule has 0 atom stereocenters. The highest BCUT2D eigenvalue weighted by Gasteiger charge is 2.08. The van der Waals surface area contributed by atoms with E-state index in [0.29, 0.717) is 22.7 Å². The summed E-state index contributed by atoms with van der Waals surface area (Å²) in [6.07, 6.45) is 0. The molecule has 2 aromatic rings. The third-order valence-corrected chi connectivity index (χ3v) is 2.72. The summed E-state index contributed by atoms with van der Waals surface area (Å²) in [4.78, 5) is 11.6. The second kappa shape index (κ2) is 5.44. The summed E-state index contributed by atoms with van der Waals surface area (Å²) in [7, 11) is 1.58. The molecule has 0 saturated carbocycles. The van der Waals surface area contributed by atoms with Crippen LogP contribution in [0.2, 0.25) is 0 Å². The number of nitrogens with two attached hydrogens (primary N) is 1. The molecule has 0 unspecified atom stereocenters. The minimum absolute atomic E-state index is 0.172. The number of amides is 1. The van der Waals surface area contributed by atoms with Gasteiger partial charge < -0.3 is 15.8 Å². The summed E-state index contributed by atoms with van der Waals surface area (Å²) in [5.74, 6) is 1.00. The van der Waals surface area contributed by atoms with E-state index in [-0.39, 0.29) is 5.91 Å². The van der Waals surface area contributed by atoms with E-state index in [1.54, 1.807) is 25.2 Å². The maximum Gasteiger partial charge on any atom is 0.251 e. The van der Waals surface area contributed by atoms with Crippen molar-refractivity contribution in [2.75, 3.05) is 12.8 Å². The van der Waals surface area contributed by atoms with Gasteiger partial charge in [-0.3, -0.25) is 4.79 Å². The maximum absolute atomic E-state index is 11.6. The fourth-order valence-electron chi connectivity index (χ4n) is 1.71. The van der Waals surface area contributed by atoms with Crippen LogP contribution in [-0.2, 0) is 0 Å². The number of benzene rings is 2. The van der Waals surface area contributed by atoms with Gasteiger partial charge in [0.15, 0.2) is 5.75 Å². The SMILES string of the molecule is CNC(=O)c1ccc(N)c(Oc2cccc(C)c2)c1. The van der Waals surface area contributed by atoms with Crippen LogP contribution in [0.5, 0.6) is 11.5 Å². The summed E-state index contributed by atoms with van der Waals surface area (Å²) in [5.41, 5.74) is 7.96. The van der Waals surface area contributed by atoms with E-state index in [1.165, 1.54) is 0 Å². The monoisotopic (exact) mass is 256 g/mol. The predicted molar refractivity (Wildman–Crippen MR) is 75.5 cm³/mol. The summed E-state index contributed by atoms with van der Waals surface area (Å²) in [5, 5.41) is 2.57. The van der Waals surface area contributed by atoms with Gasteiger partial charge in [0.2, 0.25) is 0 Å². The first-order valence-corrected chi connectivity index (χ1v) is 5.96. The number of carbonyl (C=O) groups is 1. The third kappa shape index (κ3) is 3.04. The lowest BCUT2D eigenvalue weighted by molar-refractivity contribution is 0.0963. The number of nitrogens with one attached hydrogen (secondary N) is 1. The van der Waals surface area contributed by atoms with E-state index >= 15 is 0 Å². The highest BCUT2D eigenvalue weighted by atomic mass is 16.5. The van der Waals surface area contributed by atoms with E-state index < -0.39 is 0 Å². The molecule has 0 aliphatic rings. The molecule has 0 aliphatic carbocycles. The number of rotatable bonds is 3. The number of ether oxygens (including phenoxy) is 1. The molecule has 19 heavy (non-hydrogen) atoms. The first-order chi connectivity index (χ1) is 9.10. The topological polar surface area (TPSA) is 64.4 Å². The zero-order valence-corrected chi connectivity index (χ0v) is 10.9. The van der Waals surface area contributed by atoms with Crippen LogP contribution in [0.3, 0.4) is 0 Å². The van der Waals surface area contributed by atoms with Crippen LogP contribution in [0.25, 0.3) is 0 Å². The minimum Gasteiger partial charge on any atom is -0.455 e. The van der Waals surface area contributed by atoms with Crippen molar-refractivity contribution in [2.24, 2.45) is 0 Å². The Morgan fingerprint density at radius 1 is 1.21 bits per heavy atom. The summed E-state index contributed by atoms with van der Waals surface area (Å²) < 4.78 is 5.72. The highest BCUT2D eigenvalue weighted by Crippen LogP contribution is 2.28. The molecule has 0 saturated heterocycles. The molecule has 0 aromatic heterocycles. The van der Waals surface area contributed by atoms with Gasteiger partial charge in [0.05, 0.1) is 5.69 Å². The second-order valence-corrected chi connectivity index (χ2v) is 4.25. The lowest BCUT2D eigenvalue weighted by Crippen LogP contribution is -2.17. The van der Waals surface area contributed by atoms with Crippen molar-refractivity contribution in [3.63, 3.8) is 0 Å². The molecule has 4 heteroatoms. The molecule has 2 aromatic carbocycles. The van der Waals surface area contributed by atoms with Crippen molar-refractivity contribution < 1.29 is 9.53 Å². The first kappa shape index (κ1) is 13.0. The Hall–Kier alpha value is -2.49. The Balaban J connectivity index is 2.31. The Labute approximate surface area is 112 Å². The molecular formula is C15H16N2O2. The van der Waals surface area contributed by atoms with Crippen molar-refractivity contribution in [3.8, 4) is 11.5 Å². The van der Waals surface area contributed by atoms with Crippen LogP contribution in [0.4, 0.5) is 5.69 Å². The van der Waals surface area contributed by atoms with Gasteiger partial charge in [0.25, 0.3) is 5.91 Å². The van der Waals surface area contributed by atoms with Gasteiger partial charge in [-0.15, -0.1) is 0 Å². The van der Waals surface area contributed by atoms with Crippen LogP contribution in [0.1, 0.15) is 15.9 Å². The van der Waals surface area contributed by atoms with Gasteiger partial charge in [-0.25, -0.2) is 0 Å². The van der Waals surface area contributed by atoms with Gasteiger partial charge in [-0.05, 0) is 42.8 Å². The number of hydrogen-bond acceptors (Lipinski definition) is 3. The van der Waals surface area contributed by atoms with Crippen LogP contribution in [0.15, 0.2) is 42.5 Å². The molecular weight excluding hydrogens is 240 g/mol. The van der Waals surface area contributed by atoms with E-state index in [9.17, 15) is 4.79 Å². The lowest BCUT2D eigenvalue weighted by atomic mass is 10.1. The number of hydrogen-bond donors (Lipinski definition) is 2. The molecule has 0 radical (unpaired) electrons. The van der Waals surface area contributed by atoms with Gasteiger partial charge in [0.1, 0.15) is 5.75 Å². The molecule has 0 spiro atoms. The van der Waals surface area contributed by atoms with Crippen LogP contribution < -0.4 is 15.8 Å². The van der Waals surface area contributed by atoms with Gasteiger partial charge >= 0.3 is 0 Å². The molecule has 1 amide bonds. The number of aryl methyl sites for hydroxylation is 1. The molecule has 2 rings (SSSR count). The van der Waals surface area contributed by atoms with Crippen molar-refractivity contribution in [1.29, 1.82) is 0 Å². The molecule has 0 heterocycles. The van der Waals surface area contributed by atoms with Crippen LogP contribution >= 0.6 is 0 Å². The average Bonchev–Trinajstić information content (AvgIpc) is 2.40. The average molecular weight is 256 g/mol. The van der Waals surface area contributed by atoms with Crippen LogP contribution in [-0.4, -0.2) is 13.0 Å². The number of anilines is 1. The van der Waals surface area contributed by atoms with Gasteiger partial charge in [-0.1, -0.05) is 12.1 Å². The van der Waals surface area contributed by atoms with Crippen molar-refractivity contribution in [3.05, 3.63) is 53.6 Å². The fourth-order valence-corrected chi connectivity index (χ4v) is 1.71. The normalized spacial score (nSPS) is 10.0. The van der Waals surface area contributed by atoms with Crippen molar-refractivity contribution >= 4 is 11.6 Å². The first-order valence-electron chi connectivity index (χ1n) is 5.96. The van der Waals surface area contributed by atoms with E-state index in [2.05, 4.69) is 5.32 Å². The van der Waals surface area contributed by atoms with E-state index in [0.717, 1.165) is 5.56 Å². The van der Waals surface area contributed by atoms with E-state index in [4.69, 9.17) is 10.5 Å². The molecule has 0 aliphatic heterocycles. The Bertz CT molecular complexity index is 609. The lowest BCUT2D eigenvalue weighted by Gasteiger charge is -2.10. The molecule has 98 valence electrons. The Morgan fingerprint density at radius 2 is 2.00 bits per heavy atom. The largest absolute Gasteiger partial charge is 0.455 e. The second-order valence-electron chi connectivity index (χ2n) is 4.25. The fraction of sp³-hybridized carbons (Fsp3) is 0.133. The third-order valence-electron chi connectivity index (χ3n) is 2.72. The maximum atomic E-state index is 11.6. The zero-order chi connectivity index (χ0) is 13.8. The highest BCUT2D eigenvalue weighted by molar-refractivity contribution is 5.95. The van der Waals surface area contributed by atoms with Gasteiger partial charge in [0, 0.05) is 12.6 Å². The zero-order valence-electron chi connectivity index (χ0n) is 10.9.